The first-order valence-corrected chi connectivity index (χ1v) is 11.6. The van der Waals surface area contributed by atoms with E-state index < -0.39 is 0 Å². The molecule has 0 N–H and O–H groups in total. The molecule has 0 amide bonds. The van der Waals surface area contributed by atoms with Gasteiger partial charge in [0.25, 0.3) is 0 Å². The molecule has 0 saturated heterocycles. The van der Waals surface area contributed by atoms with Crippen molar-refractivity contribution in [3.8, 4) is 16.9 Å². The van der Waals surface area contributed by atoms with Crippen molar-refractivity contribution in [1.29, 1.82) is 0 Å². The average Bonchev–Trinajstić information content (AvgIpc) is 2.75. The maximum atomic E-state index is 5.56. The highest BCUT2D eigenvalue weighted by Gasteiger charge is 2.35. The van der Waals surface area contributed by atoms with Crippen LogP contribution in [0.25, 0.3) is 11.1 Å². The fourth-order valence-electron chi connectivity index (χ4n) is 5.82. The molecule has 2 aliphatic rings. The fraction of sp³-hybridized carbons (Fsp3) is 0.556. The summed E-state index contributed by atoms with van der Waals surface area (Å²) >= 11 is 0. The molecule has 2 aliphatic carbocycles. The summed E-state index contributed by atoms with van der Waals surface area (Å²) in [6.45, 7) is 5.09. The molecule has 4 rings (SSSR count). The maximum Gasteiger partial charge on any atom is 0.119 e. The number of rotatable bonds is 6. The minimum Gasteiger partial charge on any atom is -0.494 e. The van der Waals surface area contributed by atoms with Gasteiger partial charge in [0, 0.05) is 0 Å². The number of benzene rings is 2. The highest BCUT2D eigenvalue weighted by molar-refractivity contribution is 5.64. The zero-order valence-corrected chi connectivity index (χ0v) is 17.7. The van der Waals surface area contributed by atoms with Gasteiger partial charge in [-0.2, -0.15) is 0 Å². The van der Waals surface area contributed by atoms with Crippen LogP contribution >= 0.6 is 0 Å². The Bertz CT molecular complexity index is 730. The summed E-state index contributed by atoms with van der Waals surface area (Å²) in [7, 11) is 0. The summed E-state index contributed by atoms with van der Waals surface area (Å²) in [6, 6.07) is 17.9. The highest BCUT2D eigenvalue weighted by atomic mass is 16.5. The Morgan fingerprint density at radius 1 is 0.750 bits per heavy atom. The van der Waals surface area contributed by atoms with Crippen LogP contribution in [0.2, 0.25) is 0 Å². The molecule has 150 valence electrons. The zero-order valence-electron chi connectivity index (χ0n) is 17.7. The number of hydrogen-bond acceptors (Lipinski definition) is 1. The maximum absolute atomic E-state index is 5.56. The standard InChI is InChI=1S/C27H36O/c1-3-5-20-6-7-26-19-25(13-12-24(26)18-20)23-10-8-21(9-11-23)22-14-16-27(17-15-22)28-4-2/h8-11,14-17,20,24-26H,3-7,12-13,18-19H2,1-2H3/t20?,24-,25-,26-/m1/s1. The number of hydrogen-bond donors (Lipinski definition) is 0. The van der Waals surface area contributed by atoms with E-state index in [4.69, 9.17) is 4.74 Å². The van der Waals surface area contributed by atoms with Crippen molar-refractivity contribution in [3.63, 3.8) is 0 Å². The van der Waals surface area contributed by atoms with Gasteiger partial charge in [0.05, 0.1) is 6.61 Å². The van der Waals surface area contributed by atoms with Crippen LogP contribution < -0.4 is 4.74 Å². The van der Waals surface area contributed by atoms with E-state index in [1.807, 2.05) is 6.92 Å². The van der Waals surface area contributed by atoms with Gasteiger partial charge in [-0.25, -0.2) is 0 Å². The molecule has 1 nitrogen and oxygen atoms in total. The Morgan fingerprint density at radius 2 is 1.39 bits per heavy atom. The molecule has 0 bridgehead atoms. The lowest BCUT2D eigenvalue weighted by molar-refractivity contribution is 0.114. The van der Waals surface area contributed by atoms with Crippen molar-refractivity contribution in [2.45, 2.75) is 71.1 Å². The van der Waals surface area contributed by atoms with Crippen LogP contribution in [0, 0.1) is 17.8 Å². The monoisotopic (exact) mass is 376 g/mol. The summed E-state index contributed by atoms with van der Waals surface area (Å²) in [5.74, 6) is 4.75. The first-order chi connectivity index (χ1) is 13.8. The van der Waals surface area contributed by atoms with Crippen molar-refractivity contribution in [3.05, 3.63) is 54.1 Å². The molecule has 0 spiro atoms. The fourth-order valence-corrected chi connectivity index (χ4v) is 5.82. The van der Waals surface area contributed by atoms with Gasteiger partial charge in [-0.1, -0.05) is 62.6 Å². The SMILES string of the molecule is CCCC1CC[C@@H]2C[C@H](c3ccc(-c4ccc(OCC)cc4)cc3)CC[C@@H]2C1. The first-order valence-electron chi connectivity index (χ1n) is 11.6. The highest BCUT2D eigenvalue weighted by Crippen LogP contribution is 2.48. The summed E-state index contributed by atoms with van der Waals surface area (Å²) < 4.78 is 5.56. The van der Waals surface area contributed by atoms with Crippen LogP contribution in [0.1, 0.15) is 76.7 Å². The van der Waals surface area contributed by atoms with Gasteiger partial charge >= 0.3 is 0 Å². The van der Waals surface area contributed by atoms with E-state index in [-0.39, 0.29) is 0 Å². The lowest BCUT2D eigenvalue weighted by Gasteiger charge is -2.42. The van der Waals surface area contributed by atoms with Gasteiger partial charge < -0.3 is 4.74 Å². The van der Waals surface area contributed by atoms with Crippen LogP contribution in [0.15, 0.2) is 48.5 Å². The van der Waals surface area contributed by atoms with Crippen molar-refractivity contribution < 1.29 is 4.74 Å². The Hall–Kier alpha value is -1.76. The molecule has 0 aliphatic heterocycles. The molecular weight excluding hydrogens is 340 g/mol. The number of ether oxygens (including phenoxy) is 1. The third kappa shape index (κ3) is 4.45. The molecule has 0 aromatic heterocycles. The van der Waals surface area contributed by atoms with Gasteiger partial charge in [0.1, 0.15) is 5.75 Å². The van der Waals surface area contributed by atoms with Crippen LogP contribution in [0.5, 0.6) is 5.75 Å². The van der Waals surface area contributed by atoms with E-state index in [1.165, 1.54) is 62.5 Å². The first kappa shape index (κ1) is 19.6. The molecule has 28 heavy (non-hydrogen) atoms. The predicted octanol–water partition coefficient (Wildman–Crippen LogP) is 7.85. The second kappa shape index (κ2) is 9.16. The Balaban J connectivity index is 1.38. The van der Waals surface area contributed by atoms with Crippen molar-refractivity contribution in [1.82, 2.24) is 0 Å². The minimum absolute atomic E-state index is 0.719. The largest absolute Gasteiger partial charge is 0.494 e. The van der Waals surface area contributed by atoms with Crippen LogP contribution in [-0.4, -0.2) is 6.61 Å². The Kier molecular flexibility index (Phi) is 6.40. The quantitative estimate of drug-likeness (QED) is 0.498. The molecule has 2 saturated carbocycles. The van der Waals surface area contributed by atoms with E-state index in [0.29, 0.717) is 0 Å². The van der Waals surface area contributed by atoms with E-state index >= 15 is 0 Å². The second-order valence-corrected chi connectivity index (χ2v) is 9.08. The topological polar surface area (TPSA) is 9.23 Å². The van der Waals surface area contributed by atoms with E-state index in [0.717, 1.165) is 36.0 Å². The van der Waals surface area contributed by atoms with E-state index in [2.05, 4.69) is 55.5 Å². The van der Waals surface area contributed by atoms with Crippen molar-refractivity contribution in [2.75, 3.05) is 6.61 Å². The van der Waals surface area contributed by atoms with Gasteiger partial charge in [-0.15, -0.1) is 0 Å². The molecular formula is C27H36O. The third-order valence-corrected chi connectivity index (χ3v) is 7.30. The normalized spacial score (nSPS) is 27.2. The summed E-state index contributed by atoms with van der Waals surface area (Å²) in [6.07, 6.45) is 11.6. The van der Waals surface area contributed by atoms with E-state index in [9.17, 15) is 0 Å². The average molecular weight is 377 g/mol. The Morgan fingerprint density at radius 3 is 2.07 bits per heavy atom. The summed E-state index contributed by atoms with van der Waals surface area (Å²) in [4.78, 5) is 0. The lowest BCUT2D eigenvalue weighted by atomic mass is 9.63. The van der Waals surface area contributed by atoms with Crippen molar-refractivity contribution in [2.24, 2.45) is 17.8 Å². The van der Waals surface area contributed by atoms with Crippen LogP contribution in [0.4, 0.5) is 0 Å². The van der Waals surface area contributed by atoms with E-state index in [1.54, 1.807) is 5.56 Å². The minimum atomic E-state index is 0.719. The molecule has 0 radical (unpaired) electrons. The third-order valence-electron chi connectivity index (χ3n) is 7.30. The zero-order chi connectivity index (χ0) is 19.3. The van der Waals surface area contributed by atoms with Gasteiger partial charge in [-0.05, 0) is 91.5 Å². The molecule has 4 atom stereocenters. The van der Waals surface area contributed by atoms with Gasteiger partial charge in [0.2, 0.25) is 0 Å². The summed E-state index contributed by atoms with van der Waals surface area (Å²) in [5.41, 5.74) is 4.14. The summed E-state index contributed by atoms with van der Waals surface area (Å²) in [5, 5.41) is 0. The lowest BCUT2D eigenvalue weighted by Crippen LogP contribution is -2.30. The second-order valence-electron chi connectivity index (χ2n) is 9.08. The molecule has 1 unspecified atom stereocenters. The van der Waals surface area contributed by atoms with Crippen LogP contribution in [-0.2, 0) is 0 Å². The smallest absolute Gasteiger partial charge is 0.119 e. The molecule has 2 aromatic rings. The van der Waals surface area contributed by atoms with Gasteiger partial charge in [0.15, 0.2) is 0 Å². The molecule has 2 aromatic carbocycles. The Labute approximate surface area is 171 Å². The molecule has 1 heteroatoms. The number of fused-ring (bicyclic) bond motifs is 1. The molecule has 2 fully saturated rings. The van der Waals surface area contributed by atoms with Crippen LogP contribution in [0.3, 0.4) is 0 Å². The molecule has 0 heterocycles. The predicted molar refractivity (Wildman–Crippen MR) is 119 cm³/mol. The van der Waals surface area contributed by atoms with Crippen molar-refractivity contribution >= 4 is 0 Å². The van der Waals surface area contributed by atoms with Gasteiger partial charge in [-0.3, -0.25) is 0 Å².